The lowest BCUT2D eigenvalue weighted by atomic mass is 10.1. The molecular formula is C18H20ClF2N3O6. The zero-order valence-electron chi connectivity index (χ0n) is 15.8. The van der Waals surface area contributed by atoms with Gasteiger partial charge in [-0.05, 0) is 6.07 Å². The molecule has 0 amide bonds. The molecule has 0 spiro atoms. The van der Waals surface area contributed by atoms with Crippen LogP contribution in [0.2, 0.25) is 5.02 Å². The number of nitrogens with zero attached hydrogens (tertiary/aromatic N) is 3. The first-order chi connectivity index (χ1) is 14.4. The van der Waals surface area contributed by atoms with Gasteiger partial charge in [0.1, 0.15) is 16.9 Å². The molecule has 1 aliphatic rings. The van der Waals surface area contributed by atoms with Crippen molar-refractivity contribution in [1.82, 2.24) is 9.63 Å². The third kappa shape index (κ3) is 4.33. The SMILES string of the molecule is O=C(O)c1cn(OF)c2c(Cl)c(N3CCN(CCOCCO)CC3)c(F)cc2c1=O. The molecule has 0 atom stereocenters. The Morgan fingerprint density at radius 2 is 1.93 bits per heavy atom. The Labute approximate surface area is 174 Å². The van der Waals surface area contributed by atoms with E-state index in [1.54, 1.807) is 4.90 Å². The average Bonchev–Trinajstić information content (AvgIpc) is 2.72. The minimum absolute atomic E-state index is 0.0198. The minimum Gasteiger partial charge on any atom is -0.477 e. The van der Waals surface area contributed by atoms with Crippen LogP contribution >= 0.6 is 11.6 Å². The Bertz CT molecular complexity index is 994. The first kappa shape index (κ1) is 22.2. The number of carboxylic acids is 1. The number of aliphatic hydroxyl groups excluding tert-OH is 1. The molecule has 1 aromatic heterocycles. The Morgan fingerprint density at radius 1 is 1.23 bits per heavy atom. The zero-order valence-corrected chi connectivity index (χ0v) is 16.6. The molecule has 164 valence electrons. The Balaban J connectivity index is 1.90. The number of ether oxygens (including phenoxy) is 1. The van der Waals surface area contributed by atoms with E-state index in [-0.39, 0.29) is 29.4 Å². The van der Waals surface area contributed by atoms with E-state index < -0.39 is 28.2 Å². The lowest BCUT2D eigenvalue weighted by Gasteiger charge is -2.36. The van der Waals surface area contributed by atoms with E-state index >= 15 is 0 Å². The molecule has 0 saturated carbocycles. The number of hydrogen-bond acceptors (Lipinski definition) is 7. The van der Waals surface area contributed by atoms with E-state index in [2.05, 4.69) is 9.94 Å². The van der Waals surface area contributed by atoms with Crippen LogP contribution in [-0.2, 0) is 4.74 Å². The molecule has 2 aromatic rings. The highest BCUT2D eigenvalue weighted by molar-refractivity contribution is 6.38. The molecule has 0 aliphatic carbocycles. The lowest BCUT2D eigenvalue weighted by molar-refractivity contribution is -0.132. The van der Waals surface area contributed by atoms with Crippen LogP contribution in [0.3, 0.4) is 0 Å². The third-order valence-electron chi connectivity index (χ3n) is 4.90. The van der Waals surface area contributed by atoms with Gasteiger partial charge < -0.3 is 19.8 Å². The molecular weight excluding hydrogens is 428 g/mol. The van der Waals surface area contributed by atoms with Crippen LogP contribution in [0.4, 0.5) is 14.6 Å². The average molecular weight is 448 g/mol. The second kappa shape index (κ2) is 9.56. The summed E-state index contributed by atoms with van der Waals surface area (Å²) >= 11 is 6.33. The molecule has 30 heavy (non-hydrogen) atoms. The molecule has 1 aliphatic heterocycles. The van der Waals surface area contributed by atoms with Gasteiger partial charge in [0.2, 0.25) is 5.43 Å². The monoisotopic (exact) mass is 447 g/mol. The van der Waals surface area contributed by atoms with Crippen LogP contribution in [0.5, 0.6) is 0 Å². The molecule has 2 heterocycles. The van der Waals surface area contributed by atoms with Crippen molar-refractivity contribution in [2.75, 3.05) is 57.4 Å². The van der Waals surface area contributed by atoms with Crippen LogP contribution < -0.4 is 15.4 Å². The van der Waals surface area contributed by atoms with E-state index in [4.69, 9.17) is 26.6 Å². The number of carbonyl (C=O) groups is 1. The molecule has 1 saturated heterocycles. The van der Waals surface area contributed by atoms with E-state index in [1.807, 2.05) is 0 Å². The fraction of sp³-hybridized carbons (Fsp3) is 0.444. The first-order valence-corrected chi connectivity index (χ1v) is 9.52. The minimum atomic E-state index is -1.60. The van der Waals surface area contributed by atoms with E-state index in [9.17, 15) is 18.5 Å². The van der Waals surface area contributed by atoms with Crippen molar-refractivity contribution in [2.24, 2.45) is 0 Å². The smallest absolute Gasteiger partial charge is 0.341 e. The number of carboxylic acid groups (broad SMARTS) is 1. The summed E-state index contributed by atoms with van der Waals surface area (Å²) in [5, 5.41) is 20.8. The third-order valence-corrected chi connectivity index (χ3v) is 5.26. The number of aromatic nitrogens is 1. The van der Waals surface area contributed by atoms with Gasteiger partial charge in [0.25, 0.3) is 0 Å². The van der Waals surface area contributed by atoms with Crippen LogP contribution in [0.25, 0.3) is 10.9 Å². The highest BCUT2D eigenvalue weighted by Crippen LogP contribution is 2.36. The molecule has 1 fully saturated rings. The van der Waals surface area contributed by atoms with E-state index in [1.165, 1.54) is 0 Å². The Hall–Kier alpha value is -2.47. The van der Waals surface area contributed by atoms with E-state index in [0.29, 0.717) is 50.3 Å². The molecule has 9 nitrogen and oxygen atoms in total. The van der Waals surface area contributed by atoms with Gasteiger partial charge in [0, 0.05) is 37.2 Å². The highest BCUT2D eigenvalue weighted by atomic mass is 35.5. The van der Waals surface area contributed by atoms with Gasteiger partial charge in [-0.1, -0.05) is 11.6 Å². The predicted octanol–water partition coefficient (Wildman–Crippen LogP) is 0.936. The fourth-order valence-electron chi connectivity index (χ4n) is 3.42. The van der Waals surface area contributed by atoms with E-state index in [0.717, 1.165) is 6.07 Å². The number of benzene rings is 1. The van der Waals surface area contributed by atoms with Crippen molar-refractivity contribution in [3.8, 4) is 0 Å². The topological polar surface area (TPSA) is 104 Å². The van der Waals surface area contributed by atoms with Crippen molar-refractivity contribution >= 4 is 34.2 Å². The number of rotatable bonds is 8. The number of halogens is 3. The fourth-order valence-corrected chi connectivity index (χ4v) is 3.82. The summed E-state index contributed by atoms with van der Waals surface area (Å²) in [6, 6.07) is 0.843. The summed E-state index contributed by atoms with van der Waals surface area (Å²) in [5.74, 6) is -2.43. The Morgan fingerprint density at radius 3 is 2.53 bits per heavy atom. The lowest BCUT2D eigenvalue weighted by Crippen LogP contribution is -2.47. The zero-order chi connectivity index (χ0) is 21.8. The maximum atomic E-state index is 14.9. The van der Waals surface area contributed by atoms with Gasteiger partial charge in [-0.2, -0.15) is 5.04 Å². The molecule has 0 bridgehead atoms. The van der Waals surface area contributed by atoms with Crippen molar-refractivity contribution in [3.05, 3.63) is 38.9 Å². The van der Waals surface area contributed by atoms with Gasteiger partial charge in [-0.3, -0.25) is 9.69 Å². The van der Waals surface area contributed by atoms with Gasteiger partial charge in [0.15, 0.2) is 0 Å². The number of piperazine rings is 1. The van der Waals surface area contributed by atoms with Crippen molar-refractivity contribution in [2.45, 2.75) is 0 Å². The Kier molecular flexibility index (Phi) is 7.08. The molecule has 12 heteroatoms. The number of aliphatic hydroxyl groups is 1. The number of aromatic carboxylic acids is 1. The standard InChI is InChI=1S/C18H20ClF2N3O6/c19-14-15-11(17(26)12(18(27)28)10-24(15)30-21)9-13(20)16(14)23-3-1-22(2-4-23)5-7-29-8-6-25/h9-10,25H,1-8H2,(H,27,28). The molecule has 2 N–H and O–H groups in total. The number of anilines is 1. The highest BCUT2D eigenvalue weighted by Gasteiger charge is 2.27. The summed E-state index contributed by atoms with van der Waals surface area (Å²) in [6.07, 6.45) is 0.658. The van der Waals surface area contributed by atoms with Gasteiger partial charge in [0.05, 0.1) is 42.1 Å². The second-order valence-electron chi connectivity index (χ2n) is 6.65. The van der Waals surface area contributed by atoms with Gasteiger partial charge in [-0.15, -0.1) is 4.73 Å². The van der Waals surface area contributed by atoms with Crippen LogP contribution in [-0.4, -0.2) is 78.4 Å². The number of pyridine rings is 1. The van der Waals surface area contributed by atoms with Crippen molar-refractivity contribution in [1.29, 1.82) is 0 Å². The quantitative estimate of drug-likeness (QED) is 0.576. The van der Waals surface area contributed by atoms with Crippen molar-refractivity contribution in [3.63, 3.8) is 0 Å². The first-order valence-electron chi connectivity index (χ1n) is 9.14. The molecule has 0 unspecified atom stereocenters. The normalized spacial score (nSPS) is 15.0. The summed E-state index contributed by atoms with van der Waals surface area (Å²) in [4.78, 5) is 27.3. The van der Waals surface area contributed by atoms with Gasteiger partial charge in [-0.25, -0.2) is 9.18 Å². The van der Waals surface area contributed by atoms with Crippen LogP contribution in [0.1, 0.15) is 10.4 Å². The summed E-state index contributed by atoms with van der Waals surface area (Å²) < 4.78 is 33.6. The van der Waals surface area contributed by atoms with Gasteiger partial charge >= 0.3 is 5.97 Å². The largest absolute Gasteiger partial charge is 0.477 e. The molecule has 0 radical (unpaired) electrons. The summed E-state index contributed by atoms with van der Waals surface area (Å²) in [6.45, 7) is 3.31. The predicted molar refractivity (Wildman–Crippen MR) is 104 cm³/mol. The van der Waals surface area contributed by atoms with Crippen LogP contribution in [0.15, 0.2) is 17.1 Å². The van der Waals surface area contributed by atoms with Crippen LogP contribution in [0, 0.1) is 5.82 Å². The number of fused-ring (bicyclic) bond motifs is 1. The second-order valence-corrected chi connectivity index (χ2v) is 7.03. The maximum absolute atomic E-state index is 14.9. The number of hydrogen-bond donors (Lipinski definition) is 2. The molecule has 1 aromatic carbocycles. The summed E-state index contributed by atoms with van der Waals surface area (Å²) in [5.41, 5.74) is -2.05. The molecule has 3 rings (SSSR count). The summed E-state index contributed by atoms with van der Waals surface area (Å²) in [7, 11) is 0. The maximum Gasteiger partial charge on any atom is 0.341 e. The van der Waals surface area contributed by atoms with Crippen molar-refractivity contribution < 1.29 is 33.7 Å².